The van der Waals surface area contributed by atoms with E-state index in [-0.39, 0.29) is 5.78 Å². The first-order valence-electron chi connectivity index (χ1n) is 7.36. The van der Waals surface area contributed by atoms with Crippen LogP contribution in [0, 0.1) is 13.8 Å². The van der Waals surface area contributed by atoms with Gasteiger partial charge in [0.1, 0.15) is 0 Å². The number of carbonyl (C=O) groups excluding carboxylic acids is 1. The first-order chi connectivity index (χ1) is 9.06. The molecule has 0 bridgehead atoms. The molecule has 0 radical (unpaired) electrons. The molecule has 0 amide bonds. The van der Waals surface area contributed by atoms with Crippen LogP contribution in [0.5, 0.6) is 0 Å². The first-order valence-corrected chi connectivity index (χ1v) is 7.74. The molecule has 0 aliphatic heterocycles. The molecule has 106 valence electrons. The van der Waals surface area contributed by atoms with Crippen molar-refractivity contribution in [2.45, 2.75) is 65.7 Å². The van der Waals surface area contributed by atoms with Gasteiger partial charge in [0.15, 0.2) is 5.78 Å². The minimum Gasteiger partial charge on any atom is -0.294 e. The molecular weight excluding hydrogens is 256 g/mol. The maximum atomic E-state index is 12.2. The average molecular weight is 281 g/mol. The Morgan fingerprint density at radius 1 is 1.00 bits per heavy atom. The summed E-state index contributed by atoms with van der Waals surface area (Å²) in [6.07, 6.45) is 7.95. The fraction of sp³-hybridized carbons (Fsp3) is 0.588. The Labute approximate surface area is 122 Å². The summed E-state index contributed by atoms with van der Waals surface area (Å²) in [5.41, 5.74) is 2.82. The van der Waals surface area contributed by atoms with E-state index in [1.54, 1.807) is 0 Å². The summed E-state index contributed by atoms with van der Waals surface area (Å²) in [5, 5.41) is 0.744. The third-order valence-corrected chi connectivity index (χ3v) is 3.97. The van der Waals surface area contributed by atoms with E-state index in [2.05, 4.69) is 6.92 Å². The second-order valence-electron chi connectivity index (χ2n) is 5.36. The lowest BCUT2D eigenvalue weighted by molar-refractivity contribution is 0.0978. The Kier molecular flexibility index (Phi) is 7.15. The predicted octanol–water partition coefficient (Wildman–Crippen LogP) is 5.89. The Morgan fingerprint density at radius 3 is 2.32 bits per heavy atom. The molecule has 0 unspecified atom stereocenters. The number of hydrogen-bond acceptors (Lipinski definition) is 1. The second kappa shape index (κ2) is 8.37. The van der Waals surface area contributed by atoms with Crippen molar-refractivity contribution >= 4 is 17.4 Å². The molecule has 1 aromatic rings. The highest BCUT2D eigenvalue weighted by Crippen LogP contribution is 2.22. The molecule has 19 heavy (non-hydrogen) atoms. The van der Waals surface area contributed by atoms with Crippen LogP contribution < -0.4 is 0 Å². The highest BCUT2D eigenvalue weighted by atomic mass is 35.5. The standard InChI is InChI=1S/C17H25ClO/c1-4-5-6-7-8-9-10-17(19)15-11-14(3)16(18)12-13(15)2/h11-12H,4-10H2,1-3H3. The van der Waals surface area contributed by atoms with E-state index in [1.165, 1.54) is 25.7 Å². The molecule has 1 rings (SSSR count). The van der Waals surface area contributed by atoms with Gasteiger partial charge in [0.25, 0.3) is 0 Å². The number of hydrogen-bond donors (Lipinski definition) is 0. The molecule has 0 fully saturated rings. The van der Waals surface area contributed by atoms with Crippen LogP contribution in [-0.2, 0) is 0 Å². The van der Waals surface area contributed by atoms with Crippen LogP contribution in [0.1, 0.15) is 73.4 Å². The van der Waals surface area contributed by atoms with Crippen LogP contribution in [0.4, 0.5) is 0 Å². The molecule has 2 heteroatoms. The number of carbonyl (C=O) groups is 1. The van der Waals surface area contributed by atoms with E-state index in [1.807, 2.05) is 26.0 Å². The highest BCUT2D eigenvalue weighted by Gasteiger charge is 2.10. The maximum absolute atomic E-state index is 12.2. The number of Topliss-reactive ketones (excluding diaryl/α,β-unsaturated/α-hetero) is 1. The van der Waals surface area contributed by atoms with E-state index < -0.39 is 0 Å². The first kappa shape index (κ1) is 16.2. The minimum absolute atomic E-state index is 0.257. The van der Waals surface area contributed by atoms with Gasteiger partial charge in [0.05, 0.1) is 0 Å². The van der Waals surface area contributed by atoms with Crippen molar-refractivity contribution in [2.75, 3.05) is 0 Å². The van der Waals surface area contributed by atoms with E-state index in [0.29, 0.717) is 6.42 Å². The van der Waals surface area contributed by atoms with Crippen molar-refractivity contribution in [1.29, 1.82) is 0 Å². The Hall–Kier alpha value is -0.820. The summed E-state index contributed by atoms with van der Waals surface area (Å²) in [6.45, 7) is 6.12. The van der Waals surface area contributed by atoms with Crippen LogP contribution in [-0.4, -0.2) is 5.78 Å². The van der Waals surface area contributed by atoms with Crippen molar-refractivity contribution in [3.8, 4) is 0 Å². The number of aryl methyl sites for hydroxylation is 2. The zero-order chi connectivity index (χ0) is 14.3. The lowest BCUT2D eigenvalue weighted by atomic mass is 9.98. The minimum atomic E-state index is 0.257. The number of rotatable bonds is 8. The monoisotopic (exact) mass is 280 g/mol. The van der Waals surface area contributed by atoms with Crippen molar-refractivity contribution in [1.82, 2.24) is 0 Å². The van der Waals surface area contributed by atoms with Crippen molar-refractivity contribution in [2.24, 2.45) is 0 Å². The Morgan fingerprint density at radius 2 is 1.63 bits per heavy atom. The highest BCUT2D eigenvalue weighted by molar-refractivity contribution is 6.31. The molecule has 0 aliphatic rings. The summed E-state index contributed by atoms with van der Waals surface area (Å²) < 4.78 is 0. The van der Waals surface area contributed by atoms with Gasteiger partial charge in [0, 0.05) is 17.0 Å². The number of unbranched alkanes of at least 4 members (excludes halogenated alkanes) is 5. The topological polar surface area (TPSA) is 17.1 Å². The Balaban J connectivity index is 2.43. The second-order valence-corrected chi connectivity index (χ2v) is 5.76. The van der Waals surface area contributed by atoms with Crippen LogP contribution in [0.3, 0.4) is 0 Å². The van der Waals surface area contributed by atoms with Crippen LogP contribution >= 0.6 is 11.6 Å². The van der Waals surface area contributed by atoms with Crippen LogP contribution in [0.15, 0.2) is 12.1 Å². The fourth-order valence-electron chi connectivity index (χ4n) is 2.28. The lowest BCUT2D eigenvalue weighted by Crippen LogP contribution is -2.02. The molecule has 0 aromatic heterocycles. The lowest BCUT2D eigenvalue weighted by Gasteiger charge is -2.08. The van der Waals surface area contributed by atoms with E-state index >= 15 is 0 Å². The third kappa shape index (κ3) is 5.36. The molecule has 0 atom stereocenters. The zero-order valence-electron chi connectivity index (χ0n) is 12.4. The quantitative estimate of drug-likeness (QED) is 0.428. The van der Waals surface area contributed by atoms with Crippen molar-refractivity contribution in [3.63, 3.8) is 0 Å². The molecule has 0 heterocycles. The third-order valence-electron chi connectivity index (χ3n) is 3.56. The van der Waals surface area contributed by atoms with Gasteiger partial charge >= 0.3 is 0 Å². The van der Waals surface area contributed by atoms with Gasteiger partial charge in [-0.25, -0.2) is 0 Å². The SMILES string of the molecule is CCCCCCCCC(=O)c1cc(C)c(Cl)cc1C. The fourth-order valence-corrected chi connectivity index (χ4v) is 2.50. The molecule has 0 saturated heterocycles. The molecule has 0 spiro atoms. The van der Waals surface area contributed by atoms with Crippen molar-refractivity contribution < 1.29 is 4.79 Å². The number of halogens is 1. The summed E-state index contributed by atoms with van der Waals surface area (Å²) >= 11 is 6.05. The van der Waals surface area contributed by atoms with Gasteiger partial charge in [-0.15, -0.1) is 0 Å². The van der Waals surface area contributed by atoms with E-state index in [0.717, 1.165) is 34.6 Å². The van der Waals surface area contributed by atoms with Gasteiger partial charge < -0.3 is 0 Å². The predicted molar refractivity (Wildman–Crippen MR) is 83.2 cm³/mol. The summed E-state index contributed by atoms with van der Waals surface area (Å²) in [7, 11) is 0. The number of benzene rings is 1. The molecular formula is C17H25ClO. The molecule has 1 aromatic carbocycles. The smallest absolute Gasteiger partial charge is 0.163 e. The van der Waals surface area contributed by atoms with E-state index in [9.17, 15) is 4.79 Å². The van der Waals surface area contributed by atoms with Crippen LogP contribution in [0.25, 0.3) is 0 Å². The summed E-state index contributed by atoms with van der Waals surface area (Å²) in [4.78, 5) is 12.2. The van der Waals surface area contributed by atoms with Gasteiger partial charge in [-0.2, -0.15) is 0 Å². The van der Waals surface area contributed by atoms with Gasteiger partial charge in [-0.05, 0) is 43.5 Å². The normalized spacial score (nSPS) is 10.7. The largest absolute Gasteiger partial charge is 0.294 e. The van der Waals surface area contributed by atoms with Gasteiger partial charge in [0.2, 0.25) is 0 Å². The molecule has 0 saturated carbocycles. The van der Waals surface area contributed by atoms with E-state index in [4.69, 9.17) is 11.6 Å². The van der Waals surface area contributed by atoms with Gasteiger partial charge in [-0.1, -0.05) is 50.6 Å². The average Bonchev–Trinajstić information content (AvgIpc) is 2.37. The summed E-state index contributed by atoms with van der Waals surface area (Å²) in [5.74, 6) is 0.257. The summed E-state index contributed by atoms with van der Waals surface area (Å²) in [6, 6.07) is 3.82. The molecule has 0 aliphatic carbocycles. The van der Waals surface area contributed by atoms with Gasteiger partial charge in [-0.3, -0.25) is 4.79 Å². The molecule has 0 N–H and O–H groups in total. The maximum Gasteiger partial charge on any atom is 0.163 e. The zero-order valence-corrected chi connectivity index (χ0v) is 13.1. The Bertz CT molecular complexity index is 424. The van der Waals surface area contributed by atoms with Crippen LogP contribution in [0.2, 0.25) is 5.02 Å². The van der Waals surface area contributed by atoms with Crippen molar-refractivity contribution in [3.05, 3.63) is 33.8 Å². The molecule has 1 nitrogen and oxygen atoms in total. The number of ketones is 1.